The number of hydroxylamine groups is 1. The number of halogens is 4. The van der Waals surface area contributed by atoms with Crippen LogP contribution < -0.4 is 15.2 Å². The molecule has 13 heteroatoms. The Morgan fingerprint density at radius 1 is 1.09 bits per heavy atom. The lowest BCUT2D eigenvalue weighted by molar-refractivity contribution is -0.164. The number of pyridine rings is 1. The Bertz CT molecular complexity index is 1640. The minimum Gasteiger partial charge on any atom is -0.351 e. The molecule has 6 rings (SSSR count). The van der Waals surface area contributed by atoms with Gasteiger partial charge in [0.15, 0.2) is 5.54 Å². The molecule has 3 aromatic rings. The van der Waals surface area contributed by atoms with Gasteiger partial charge in [-0.05, 0) is 72.9 Å². The summed E-state index contributed by atoms with van der Waals surface area (Å²) in [6, 6.07) is 12.8. The normalized spacial score (nSPS) is 22.7. The molecule has 0 bridgehead atoms. The van der Waals surface area contributed by atoms with Crippen LogP contribution in [0.4, 0.5) is 29.1 Å². The Morgan fingerprint density at radius 2 is 1.86 bits per heavy atom. The molecular weight excluding hydrogens is 568 g/mol. The number of alkyl halides is 2. The first-order valence-corrected chi connectivity index (χ1v) is 13.7. The molecule has 2 N–H and O–H groups in total. The van der Waals surface area contributed by atoms with Crippen molar-refractivity contribution in [2.75, 3.05) is 9.91 Å². The van der Waals surface area contributed by atoms with Crippen molar-refractivity contribution < 1.29 is 32.4 Å². The lowest BCUT2D eigenvalue weighted by atomic mass is 9.84. The third-order valence-electron chi connectivity index (χ3n) is 8.26. The highest BCUT2D eigenvalue weighted by atomic mass is 19.3. The molecule has 1 saturated heterocycles. The summed E-state index contributed by atoms with van der Waals surface area (Å²) in [5.41, 5.74) is -0.870. The predicted octanol–water partition coefficient (Wildman–Crippen LogP) is 4.55. The van der Waals surface area contributed by atoms with E-state index < -0.39 is 60.0 Å². The Labute approximate surface area is 243 Å². The Kier molecular flexibility index (Phi) is 7.06. The summed E-state index contributed by atoms with van der Waals surface area (Å²) in [6.45, 7) is 0. The first-order chi connectivity index (χ1) is 20.5. The number of carbonyl (C=O) groups excluding carboxylic acids is 2. The highest BCUT2D eigenvalue weighted by molar-refractivity contribution is 5.96. The minimum atomic E-state index is -2.93. The van der Waals surface area contributed by atoms with Crippen molar-refractivity contribution in [1.82, 2.24) is 15.5 Å². The maximum atomic E-state index is 14.7. The highest BCUT2D eigenvalue weighted by Gasteiger charge is 2.57. The van der Waals surface area contributed by atoms with Gasteiger partial charge in [-0.2, -0.15) is 5.26 Å². The number of hydrogen-bond acceptors (Lipinski definition) is 7. The van der Waals surface area contributed by atoms with Crippen molar-refractivity contribution in [3.8, 4) is 6.07 Å². The zero-order valence-electron chi connectivity index (χ0n) is 22.7. The SMILES string of the molecule is N#Cc1ccnc(N2C(=O)CC[C@H]2N(O)N(c2cccc(F)c2)[C@]2(C(=O)NC3CC(F)(F)C3)CCc3cc(F)ccc32)c1. The average Bonchev–Trinajstić information content (AvgIpc) is 3.53. The molecule has 0 unspecified atom stereocenters. The number of hydrazine groups is 1. The maximum Gasteiger partial charge on any atom is 0.252 e. The van der Waals surface area contributed by atoms with E-state index in [1.807, 2.05) is 6.07 Å². The molecule has 3 aliphatic rings. The van der Waals surface area contributed by atoms with Crippen LogP contribution in [0.25, 0.3) is 0 Å². The Morgan fingerprint density at radius 3 is 2.58 bits per heavy atom. The predicted molar refractivity (Wildman–Crippen MR) is 144 cm³/mol. The van der Waals surface area contributed by atoms with Gasteiger partial charge in [-0.25, -0.2) is 22.5 Å². The van der Waals surface area contributed by atoms with E-state index in [9.17, 15) is 37.6 Å². The molecule has 2 amide bonds. The standard InChI is InChI=1S/C30H26F4N6O3/c31-20-2-1-3-23(14-20)39(40(43)26-6-7-27(41)38(26)25-12-18(17-35)9-11-36-25)30(28(42)37-22-15-29(33,34)16-22)10-8-19-13-21(32)4-5-24(19)30/h1-5,9,11-14,22,26,43H,6-8,10,15-16H2,(H,37,42)/t26-,30-/m1/s1. The van der Waals surface area contributed by atoms with Crippen molar-refractivity contribution >= 4 is 23.3 Å². The van der Waals surface area contributed by atoms with Crippen LogP contribution in [0.15, 0.2) is 60.8 Å². The van der Waals surface area contributed by atoms with Gasteiger partial charge >= 0.3 is 0 Å². The molecule has 0 spiro atoms. The van der Waals surface area contributed by atoms with Gasteiger partial charge in [0.05, 0.1) is 17.3 Å². The van der Waals surface area contributed by atoms with E-state index in [1.54, 1.807) is 0 Å². The zero-order chi connectivity index (χ0) is 30.5. The van der Waals surface area contributed by atoms with Gasteiger partial charge in [0.25, 0.3) is 11.8 Å². The summed E-state index contributed by atoms with van der Waals surface area (Å²) in [7, 11) is 0. The van der Waals surface area contributed by atoms with Gasteiger partial charge in [0.2, 0.25) is 5.91 Å². The van der Waals surface area contributed by atoms with Gasteiger partial charge in [0.1, 0.15) is 23.6 Å². The van der Waals surface area contributed by atoms with Crippen molar-refractivity contribution in [2.24, 2.45) is 0 Å². The fourth-order valence-electron chi connectivity index (χ4n) is 6.28. The summed E-state index contributed by atoms with van der Waals surface area (Å²) in [4.78, 5) is 32.8. The second kappa shape index (κ2) is 10.6. The fourth-order valence-corrected chi connectivity index (χ4v) is 6.28. The fraction of sp³-hybridized carbons (Fsp3) is 0.333. The third-order valence-corrected chi connectivity index (χ3v) is 8.26. The van der Waals surface area contributed by atoms with E-state index in [2.05, 4.69) is 10.3 Å². The number of benzene rings is 2. The van der Waals surface area contributed by atoms with Crippen LogP contribution in [0.3, 0.4) is 0 Å². The average molecular weight is 595 g/mol. The van der Waals surface area contributed by atoms with E-state index in [0.717, 1.165) is 17.1 Å². The van der Waals surface area contributed by atoms with Crippen LogP contribution >= 0.6 is 0 Å². The quantitative estimate of drug-likeness (QED) is 0.305. The number of fused-ring (bicyclic) bond motifs is 1. The molecule has 9 nitrogen and oxygen atoms in total. The monoisotopic (exact) mass is 594 g/mol. The van der Waals surface area contributed by atoms with Crippen LogP contribution in [-0.4, -0.2) is 45.3 Å². The van der Waals surface area contributed by atoms with Crippen LogP contribution in [-0.2, 0) is 21.5 Å². The van der Waals surface area contributed by atoms with Gasteiger partial charge in [0, 0.05) is 31.5 Å². The van der Waals surface area contributed by atoms with Gasteiger partial charge in [-0.3, -0.25) is 24.7 Å². The van der Waals surface area contributed by atoms with Crippen LogP contribution in [0.1, 0.15) is 48.8 Å². The van der Waals surface area contributed by atoms with Crippen molar-refractivity contribution in [3.63, 3.8) is 0 Å². The molecular formula is C30H26F4N6O3. The number of anilines is 2. The number of rotatable bonds is 7. The number of nitriles is 1. The van der Waals surface area contributed by atoms with Gasteiger partial charge < -0.3 is 5.32 Å². The Hall–Kier alpha value is -4.54. The van der Waals surface area contributed by atoms with Crippen LogP contribution in [0.2, 0.25) is 0 Å². The van der Waals surface area contributed by atoms with E-state index in [1.165, 1.54) is 53.6 Å². The zero-order valence-corrected chi connectivity index (χ0v) is 22.7. The van der Waals surface area contributed by atoms with Crippen LogP contribution in [0.5, 0.6) is 0 Å². The summed E-state index contributed by atoms with van der Waals surface area (Å²) >= 11 is 0. The number of hydrogen-bond donors (Lipinski definition) is 2. The molecule has 1 aliphatic heterocycles. The molecule has 43 heavy (non-hydrogen) atoms. The van der Waals surface area contributed by atoms with E-state index in [-0.39, 0.29) is 42.8 Å². The number of amides is 2. The molecule has 2 heterocycles. The molecule has 0 radical (unpaired) electrons. The molecule has 2 aliphatic carbocycles. The first-order valence-electron chi connectivity index (χ1n) is 13.7. The molecule has 2 aromatic carbocycles. The molecule has 1 aromatic heterocycles. The highest BCUT2D eigenvalue weighted by Crippen LogP contribution is 2.47. The molecule has 1 saturated carbocycles. The topological polar surface area (TPSA) is 113 Å². The number of aromatic nitrogens is 1. The third kappa shape index (κ3) is 4.96. The summed E-state index contributed by atoms with van der Waals surface area (Å²) < 4.78 is 56.5. The summed E-state index contributed by atoms with van der Waals surface area (Å²) in [5.74, 6) is -5.26. The van der Waals surface area contributed by atoms with Crippen LogP contribution in [0, 0.1) is 23.0 Å². The lowest BCUT2D eigenvalue weighted by Gasteiger charge is -2.49. The molecule has 222 valence electrons. The van der Waals surface area contributed by atoms with Gasteiger partial charge in [-0.1, -0.05) is 17.3 Å². The second-order valence-corrected chi connectivity index (χ2v) is 11.0. The minimum absolute atomic E-state index is 0.0185. The van der Waals surface area contributed by atoms with E-state index in [0.29, 0.717) is 16.3 Å². The smallest absolute Gasteiger partial charge is 0.252 e. The molecule has 2 fully saturated rings. The van der Waals surface area contributed by atoms with Crippen molar-refractivity contribution in [1.29, 1.82) is 5.26 Å². The van der Waals surface area contributed by atoms with Gasteiger partial charge in [-0.15, -0.1) is 0 Å². The van der Waals surface area contributed by atoms with E-state index >= 15 is 0 Å². The Balaban J connectivity index is 1.49. The van der Waals surface area contributed by atoms with Crippen molar-refractivity contribution in [2.45, 2.75) is 62.2 Å². The van der Waals surface area contributed by atoms with E-state index in [4.69, 9.17) is 0 Å². The number of aryl methyl sites for hydroxylation is 1. The largest absolute Gasteiger partial charge is 0.351 e. The second-order valence-electron chi connectivity index (χ2n) is 11.0. The van der Waals surface area contributed by atoms with Crippen molar-refractivity contribution in [3.05, 3.63) is 89.1 Å². The number of carbonyl (C=O) groups is 2. The summed E-state index contributed by atoms with van der Waals surface area (Å²) in [5, 5.41) is 25.9. The maximum absolute atomic E-state index is 14.7. The number of nitrogens with one attached hydrogen (secondary N) is 1. The first kappa shape index (κ1) is 28.6. The summed E-state index contributed by atoms with van der Waals surface area (Å²) in [6.07, 6.45) is -0.776. The lowest BCUT2D eigenvalue weighted by Crippen LogP contribution is -2.66. The number of nitrogens with zero attached hydrogens (tertiary/aromatic N) is 5. The molecule has 2 atom stereocenters.